The van der Waals surface area contributed by atoms with Crippen molar-refractivity contribution in [2.75, 3.05) is 24.7 Å². The normalized spacial score (nSPS) is 15.8. The van der Waals surface area contributed by atoms with Gasteiger partial charge in [0.25, 0.3) is 15.9 Å². The molecular weight excluding hydrogens is 412 g/mol. The number of hydrogen-bond donors (Lipinski definition) is 2. The van der Waals surface area contributed by atoms with Crippen molar-refractivity contribution in [2.45, 2.75) is 10.6 Å². The molecule has 0 unspecified atom stereocenters. The first-order valence-corrected chi connectivity index (χ1v) is 10.4. The molecule has 2 aliphatic rings. The number of nitrogens with one attached hydrogen (secondary N) is 1. The largest absolute Gasteiger partial charge is 0.504 e. The van der Waals surface area contributed by atoms with E-state index in [2.05, 4.69) is 9.46 Å². The maximum Gasteiger partial charge on any atom is 0.417 e. The molecule has 1 saturated heterocycles. The summed E-state index contributed by atoms with van der Waals surface area (Å²) >= 11 is 1.05. The molecule has 148 valence electrons. The maximum absolute atomic E-state index is 12.5. The van der Waals surface area contributed by atoms with Crippen molar-refractivity contribution in [3.05, 3.63) is 29.1 Å². The number of fused-ring (bicyclic) bond motifs is 1. The summed E-state index contributed by atoms with van der Waals surface area (Å²) < 4.78 is 42.8. The number of imide groups is 1. The van der Waals surface area contributed by atoms with E-state index >= 15 is 0 Å². The van der Waals surface area contributed by atoms with Crippen LogP contribution in [0, 0.1) is 0 Å². The van der Waals surface area contributed by atoms with E-state index < -0.39 is 22.0 Å². The molecule has 2 aromatic rings. The van der Waals surface area contributed by atoms with Crippen LogP contribution >= 0.6 is 11.3 Å². The van der Waals surface area contributed by atoms with Crippen LogP contribution in [0.15, 0.2) is 27.8 Å². The Morgan fingerprint density at radius 1 is 1.21 bits per heavy atom. The number of phenols is 1. The Hall–Kier alpha value is -2.99. The van der Waals surface area contributed by atoms with E-state index in [1.54, 1.807) is 11.4 Å². The second kappa shape index (κ2) is 6.87. The number of thiophene rings is 1. The molecule has 2 aliphatic heterocycles. The number of carbonyl (C=O) groups excluding carboxylic acids is 2. The lowest BCUT2D eigenvalue weighted by atomic mass is 10.1. The van der Waals surface area contributed by atoms with Gasteiger partial charge in [0, 0.05) is 12.1 Å². The van der Waals surface area contributed by atoms with E-state index in [9.17, 15) is 23.1 Å². The molecule has 0 atom stereocenters. The highest BCUT2D eigenvalue weighted by atomic mass is 32.2. The van der Waals surface area contributed by atoms with Gasteiger partial charge in [0.15, 0.2) is 18.1 Å². The van der Waals surface area contributed by atoms with E-state index in [1.807, 2.05) is 0 Å². The third-order valence-corrected chi connectivity index (χ3v) is 6.91. The summed E-state index contributed by atoms with van der Waals surface area (Å²) in [7, 11) is -3.86. The van der Waals surface area contributed by atoms with E-state index in [4.69, 9.17) is 9.47 Å². The summed E-state index contributed by atoms with van der Waals surface area (Å²) in [6.45, 7) is -0.545. The summed E-state index contributed by atoms with van der Waals surface area (Å²) in [6.07, 6.45) is -0.694. The predicted octanol–water partition coefficient (Wildman–Crippen LogP) is 1.50. The van der Waals surface area contributed by atoms with Crippen molar-refractivity contribution in [2.24, 2.45) is 0 Å². The number of rotatable bonds is 6. The minimum absolute atomic E-state index is 0.00305. The first-order valence-electron chi connectivity index (χ1n) is 8.04. The van der Waals surface area contributed by atoms with Gasteiger partial charge in [-0.25, -0.2) is 18.1 Å². The number of carbonyl (C=O) groups is 2. The number of cyclic esters (lactones) is 1. The Morgan fingerprint density at radius 3 is 2.68 bits per heavy atom. The van der Waals surface area contributed by atoms with Gasteiger partial charge in [-0.1, -0.05) is 6.07 Å². The van der Waals surface area contributed by atoms with Crippen LogP contribution in [-0.4, -0.2) is 50.4 Å². The smallest absolute Gasteiger partial charge is 0.417 e. The van der Waals surface area contributed by atoms with E-state index in [1.165, 1.54) is 12.1 Å². The SMILES string of the molecule is O=C1COC(=O)N1CCc1cc(NS(=O)(=O)c2cccs2)c2c(c1O)OCO2. The average molecular weight is 426 g/mol. The number of phenolic OH excluding ortho intramolecular Hbond substituents is 1. The van der Waals surface area contributed by atoms with Gasteiger partial charge in [0.2, 0.25) is 12.5 Å². The van der Waals surface area contributed by atoms with Crippen molar-refractivity contribution in [3.8, 4) is 17.2 Å². The zero-order valence-electron chi connectivity index (χ0n) is 14.2. The minimum atomic E-state index is -3.86. The van der Waals surface area contributed by atoms with Crippen LogP contribution in [0.1, 0.15) is 5.56 Å². The Bertz CT molecular complexity index is 1030. The van der Waals surface area contributed by atoms with Crippen LogP contribution in [0.3, 0.4) is 0 Å². The molecule has 1 fully saturated rings. The average Bonchev–Trinajstić information content (AvgIpc) is 3.39. The van der Waals surface area contributed by atoms with Gasteiger partial charge >= 0.3 is 6.09 Å². The van der Waals surface area contributed by atoms with Crippen molar-refractivity contribution in [3.63, 3.8) is 0 Å². The van der Waals surface area contributed by atoms with Gasteiger partial charge in [-0.05, 0) is 23.9 Å². The third kappa shape index (κ3) is 3.20. The summed E-state index contributed by atoms with van der Waals surface area (Å²) in [4.78, 5) is 24.1. The third-order valence-electron chi connectivity index (χ3n) is 4.14. The minimum Gasteiger partial charge on any atom is -0.504 e. The quantitative estimate of drug-likeness (QED) is 0.665. The fourth-order valence-corrected chi connectivity index (χ4v) is 4.86. The monoisotopic (exact) mass is 426 g/mol. The fraction of sp³-hybridized carbons (Fsp3) is 0.250. The van der Waals surface area contributed by atoms with Gasteiger partial charge in [0.1, 0.15) is 4.21 Å². The number of ether oxygens (including phenoxy) is 3. The molecule has 0 radical (unpaired) electrons. The highest BCUT2D eigenvalue weighted by Gasteiger charge is 2.32. The lowest BCUT2D eigenvalue weighted by Crippen LogP contribution is -2.31. The van der Waals surface area contributed by atoms with Crippen LogP contribution in [0.2, 0.25) is 0 Å². The number of aromatic hydroxyl groups is 1. The Labute approximate surface area is 163 Å². The zero-order chi connectivity index (χ0) is 19.9. The zero-order valence-corrected chi connectivity index (χ0v) is 15.8. The molecule has 0 bridgehead atoms. The molecule has 4 rings (SSSR count). The molecule has 0 saturated carbocycles. The molecule has 12 heteroatoms. The summed E-state index contributed by atoms with van der Waals surface area (Å²) in [5.74, 6) is -0.662. The first-order chi connectivity index (χ1) is 13.4. The molecule has 1 aromatic heterocycles. The highest BCUT2D eigenvalue weighted by Crippen LogP contribution is 2.48. The number of benzene rings is 1. The molecule has 0 spiro atoms. The molecule has 1 aromatic carbocycles. The van der Waals surface area contributed by atoms with Crippen molar-refractivity contribution >= 4 is 39.0 Å². The Kier molecular flexibility index (Phi) is 4.51. The first kappa shape index (κ1) is 18.4. The number of sulfonamides is 1. The van der Waals surface area contributed by atoms with Crippen molar-refractivity contribution in [1.82, 2.24) is 4.90 Å². The summed E-state index contributed by atoms with van der Waals surface area (Å²) in [5.41, 5.74) is 0.365. The molecule has 0 aliphatic carbocycles. The van der Waals surface area contributed by atoms with Crippen LogP contribution in [0.4, 0.5) is 10.5 Å². The summed E-state index contributed by atoms with van der Waals surface area (Å²) in [6, 6.07) is 4.45. The lowest BCUT2D eigenvalue weighted by molar-refractivity contribution is -0.125. The van der Waals surface area contributed by atoms with Crippen molar-refractivity contribution < 1.29 is 37.3 Å². The van der Waals surface area contributed by atoms with E-state index in [0.717, 1.165) is 16.2 Å². The number of anilines is 1. The summed E-state index contributed by atoms with van der Waals surface area (Å²) in [5, 5.41) is 12.1. The molecule has 3 heterocycles. The fourth-order valence-electron chi connectivity index (χ4n) is 2.82. The van der Waals surface area contributed by atoms with Gasteiger partial charge in [0.05, 0.1) is 5.69 Å². The lowest BCUT2D eigenvalue weighted by Gasteiger charge is -2.15. The number of amides is 2. The molecule has 2 N–H and O–H groups in total. The second-order valence-corrected chi connectivity index (χ2v) is 8.74. The predicted molar refractivity (Wildman–Crippen MR) is 96.1 cm³/mol. The number of nitrogens with zero attached hydrogens (tertiary/aromatic N) is 1. The Balaban J connectivity index is 1.64. The molecule has 28 heavy (non-hydrogen) atoms. The van der Waals surface area contributed by atoms with Crippen LogP contribution in [0.5, 0.6) is 17.2 Å². The van der Waals surface area contributed by atoms with Gasteiger partial charge in [-0.2, -0.15) is 0 Å². The molecule has 2 amide bonds. The second-order valence-electron chi connectivity index (χ2n) is 5.88. The molecule has 10 nitrogen and oxygen atoms in total. The molecular formula is C16H14N2O8S2. The highest BCUT2D eigenvalue weighted by molar-refractivity contribution is 7.94. The van der Waals surface area contributed by atoms with Gasteiger partial charge < -0.3 is 19.3 Å². The van der Waals surface area contributed by atoms with Crippen LogP contribution in [-0.2, 0) is 26.0 Å². The standard InChI is InChI=1S/C16H14N2O8S2/c19-11-7-24-16(21)18(11)4-3-9-6-10(14-15(13(9)20)26-8-25-14)17-28(22,23)12-2-1-5-27-12/h1-2,5-6,17,20H,3-4,7-8H2. The topological polar surface area (TPSA) is 131 Å². The van der Waals surface area contributed by atoms with E-state index in [-0.39, 0.29) is 59.1 Å². The van der Waals surface area contributed by atoms with Gasteiger partial charge in [-0.15, -0.1) is 11.3 Å². The Morgan fingerprint density at radius 2 is 2.00 bits per heavy atom. The van der Waals surface area contributed by atoms with Crippen LogP contribution in [0.25, 0.3) is 0 Å². The maximum atomic E-state index is 12.5. The van der Waals surface area contributed by atoms with Crippen LogP contribution < -0.4 is 14.2 Å². The van der Waals surface area contributed by atoms with E-state index in [0.29, 0.717) is 0 Å². The van der Waals surface area contributed by atoms with Crippen molar-refractivity contribution in [1.29, 1.82) is 0 Å². The van der Waals surface area contributed by atoms with Gasteiger partial charge in [-0.3, -0.25) is 9.52 Å². The number of hydrogen-bond acceptors (Lipinski definition) is 9.